The second-order valence-corrected chi connectivity index (χ2v) is 9.00. The van der Waals surface area contributed by atoms with Crippen LogP contribution in [0.1, 0.15) is 16.7 Å². The molecule has 0 fully saturated rings. The smallest absolute Gasteiger partial charge is 0.266 e. The van der Waals surface area contributed by atoms with Gasteiger partial charge in [-0.1, -0.05) is 47.5 Å². The van der Waals surface area contributed by atoms with Gasteiger partial charge in [0.2, 0.25) is 0 Å². The monoisotopic (exact) mass is 592 g/mol. The molecule has 0 aliphatic rings. The molecule has 0 aliphatic carbocycles. The van der Waals surface area contributed by atoms with Gasteiger partial charge in [-0.15, -0.1) is 0 Å². The number of aryl methyl sites for hydroxylation is 1. The lowest BCUT2D eigenvalue weighted by Crippen LogP contribution is -2.14. The summed E-state index contributed by atoms with van der Waals surface area (Å²) in [6.45, 7) is 2.11. The molecule has 33 heavy (non-hydrogen) atoms. The third-order valence-corrected chi connectivity index (χ3v) is 6.10. The highest BCUT2D eigenvalue weighted by Crippen LogP contribution is 2.36. The van der Waals surface area contributed by atoms with Crippen LogP contribution in [-0.4, -0.2) is 13.0 Å². The Morgan fingerprint density at radius 3 is 2.61 bits per heavy atom. The van der Waals surface area contributed by atoms with Crippen molar-refractivity contribution in [2.75, 3.05) is 12.4 Å². The van der Waals surface area contributed by atoms with Crippen molar-refractivity contribution in [1.29, 1.82) is 5.26 Å². The van der Waals surface area contributed by atoms with Crippen LogP contribution in [0.5, 0.6) is 11.5 Å². The molecular formula is C25H19Cl2IN2O3. The Morgan fingerprint density at radius 1 is 1.18 bits per heavy atom. The summed E-state index contributed by atoms with van der Waals surface area (Å²) in [5.41, 5.74) is 2.94. The largest absolute Gasteiger partial charge is 0.493 e. The quantitative estimate of drug-likeness (QED) is 0.181. The van der Waals surface area contributed by atoms with Gasteiger partial charge in [-0.3, -0.25) is 4.79 Å². The number of halogens is 3. The number of carbonyl (C=O) groups is 1. The first-order valence-corrected chi connectivity index (χ1v) is 11.6. The molecule has 3 aromatic carbocycles. The zero-order valence-corrected chi connectivity index (χ0v) is 21.5. The summed E-state index contributed by atoms with van der Waals surface area (Å²) < 4.78 is 12.2. The van der Waals surface area contributed by atoms with E-state index in [9.17, 15) is 10.1 Å². The van der Waals surface area contributed by atoms with Gasteiger partial charge >= 0.3 is 0 Å². The average molecular weight is 593 g/mol. The van der Waals surface area contributed by atoms with E-state index in [2.05, 4.69) is 27.9 Å². The molecule has 1 N–H and O–H groups in total. The topological polar surface area (TPSA) is 71.3 Å². The maximum absolute atomic E-state index is 12.6. The Labute approximate surface area is 216 Å². The molecule has 0 aliphatic heterocycles. The van der Waals surface area contributed by atoms with Crippen molar-refractivity contribution in [1.82, 2.24) is 0 Å². The minimum atomic E-state index is -0.488. The lowest BCUT2D eigenvalue weighted by molar-refractivity contribution is -0.112. The number of hydrogen-bond donors (Lipinski definition) is 1. The second-order valence-electron chi connectivity index (χ2n) is 7.00. The summed E-state index contributed by atoms with van der Waals surface area (Å²) in [4.78, 5) is 12.6. The standard InChI is InChI=1S/C25H19Cl2IN2O3/c1-15-5-3-4-6-22(15)30-25(31)18(13-29)9-16-10-21(28)24(23(11-16)32-2)33-14-17-7-8-19(26)12-20(17)27/h3-12H,14H2,1-2H3,(H,30,31)/b18-9-. The first kappa shape index (κ1) is 24.9. The van der Waals surface area contributed by atoms with Crippen LogP contribution < -0.4 is 14.8 Å². The van der Waals surface area contributed by atoms with E-state index in [4.69, 9.17) is 32.7 Å². The van der Waals surface area contributed by atoms with Crippen molar-refractivity contribution in [3.05, 3.63) is 90.5 Å². The number of ether oxygens (including phenoxy) is 2. The molecule has 3 aromatic rings. The van der Waals surface area contributed by atoms with Crippen molar-refractivity contribution < 1.29 is 14.3 Å². The van der Waals surface area contributed by atoms with Gasteiger partial charge in [-0.2, -0.15) is 5.26 Å². The number of carbonyl (C=O) groups excluding carboxylic acids is 1. The number of para-hydroxylation sites is 1. The maximum atomic E-state index is 12.6. The lowest BCUT2D eigenvalue weighted by atomic mass is 10.1. The number of nitriles is 1. The normalized spacial score (nSPS) is 11.0. The highest BCUT2D eigenvalue weighted by Gasteiger charge is 2.15. The van der Waals surface area contributed by atoms with E-state index in [1.807, 2.05) is 31.2 Å². The number of methoxy groups -OCH3 is 1. The zero-order valence-electron chi connectivity index (χ0n) is 17.8. The van der Waals surface area contributed by atoms with Crippen LogP contribution in [0.2, 0.25) is 10.0 Å². The van der Waals surface area contributed by atoms with Gasteiger partial charge < -0.3 is 14.8 Å². The molecule has 5 nitrogen and oxygen atoms in total. The number of hydrogen-bond acceptors (Lipinski definition) is 4. The van der Waals surface area contributed by atoms with Gasteiger partial charge in [0.05, 0.1) is 10.7 Å². The van der Waals surface area contributed by atoms with Gasteiger partial charge in [-0.05, 0) is 77.0 Å². The predicted molar refractivity (Wildman–Crippen MR) is 140 cm³/mol. The molecule has 0 heterocycles. The molecule has 0 saturated heterocycles. The first-order valence-electron chi connectivity index (χ1n) is 9.75. The Balaban J connectivity index is 1.84. The van der Waals surface area contributed by atoms with Gasteiger partial charge in [0.15, 0.2) is 11.5 Å². The van der Waals surface area contributed by atoms with E-state index in [1.165, 1.54) is 13.2 Å². The minimum absolute atomic E-state index is 0.0299. The van der Waals surface area contributed by atoms with E-state index >= 15 is 0 Å². The van der Waals surface area contributed by atoms with E-state index in [0.29, 0.717) is 32.8 Å². The molecule has 0 saturated carbocycles. The fraction of sp³-hybridized carbons (Fsp3) is 0.120. The first-order chi connectivity index (χ1) is 15.8. The molecule has 0 radical (unpaired) electrons. The fourth-order valence-corrected chi connectivity index (χ4v) is 4.21. The molecule has 0 atom stereocenters. The van der Waals surface area contributed by atoms with Crippen molar-refractivity contribution in [2.24, 2.45) is 0 Å². The SMILES string of the molecule is COc1cc(/C=C(/C#N)C(=O)Nc2ccccc2C)cc(I)c1OCc1ccc(Cl)cc1Cl. The molecule has 0 spiro atoms. The Morgan fingerprint density at radius 2 is 1.94 bits per heavy atom. The Bertz CT molecular complexity index is 1270. The van der Waals surface area contributed by atoms with Crippen LogP contribution in [0.25, 0.3) is 6.08 Å². The molecular weight excluding hydrogens is 574 g/mol. The third kappa shape index (κ3) is 6.41. The summed E-state index contributed by atoms with van der Waals surface area (Å²) in [6.07, 6.45) is 1.51. The van der Waals surface area contributed by atoms with Gasteiger partial charge in [0.1, 0.15) is 18.2 Å². The van der Waals surface area contributed by atoms with E-state index < -0.39 is 5.91 Å². The van der Waals surface area contributed by atoms with Crippen LogP contribution in [-0.2, 0) is 11.4 Å². The summed E-state index contributed by atoms with van der Waals surface area (Å²) in [5.74, 6) is 0.512. The molecule has 168 valence electrons. The summed E-state index contributed by atoms with van der Waals surface area (Å²) in [6, 6.07) is 18.0. The zero-order chi connectivity index (χ0) is 24.0. The molecule has 0 aromatic heterocycles. The summed E-state index contributed by atoms with van der Waals surface area (Å²) >= 11 is 14.3. The number of nitrogens with one attached hydrogen (secondary N) is 1. The fourth-order valence-electron chi connectivity index (χ4n) is 2.97. The van der Waals surface area contributed by atoms with Crippen LogP contribution in [0.3, 0.4) is 0 Å². The van der Waals surface area contributed by atoms with Crippen LogP contribution >= 0.6 is 45.8 Å². The van der Waals surface area contributed by atoms with E-state index in [1.54, 1.807) is 36.4 Å². The molecule has 1 amide bonds. The van der Waals surface area contributed by atoms with Crippen molar-refractivity contribution in [2.45, 2.75) is 13.5 Å². The van der Waals surface area contributed by atoms with Crippen molar-refractivity contribution in [3.63, 3.8) is 0 Å². The number of nitrogens with zero attached hydrogens (tertiary/aromatic N) is 1. The van der Waals surface area contributed by atoms with E-state index in [-0.39, 0.29) is 12.2 Å². The highest BCUT2D eigenvalue weighted by atomic mass is 127. The number of amides is 1. The molecule has 0 unspecified atom stereocenters. The number of rotatable bonds is 7. The third-order valence-electron chi connectivity index (χ3n) is 4.71. The number of benzene rings is 3. The molecule has 0 bridgehead atoms. The highest BCUT2D eigenvalue weighted by molar-refractivity contribution is 14.1. The lowest BCUT2D eigenvalue weighted by Gasteiger charge is -2.14. The summed E-state index contributed by atoms with van der Waals surface area (Å²) in [5, 5.41) is 13.4. The van der Waals surface area contributed by atoms with Crippen molar-refractivity contribution in [3.8, 4) is 17.6 Å². The van der Waals surface area contributed by atoms with Gasteiger partial charge in [0.25, 0.3) is 5.91 Å². The van der Waals surface area contributed by atoms with Crippen molar-refractivity contribution >= 4 is 63.5 Å². The molecule has 8 heteroatoms. The van der Waals surface area contributed by atoms with Crippen LogP contribution in [0.4, 0.5) is 5.69 Å². The predicted octanol–water partition coefficient (Wildman–Crippen LogP) is 7.04. The molecule has 3 rings (SSSR count). The van der Waals surface area contributed by atoms with E-state index in [0.717, 1.165) is 14.7 Å². The average Bonchev–Trinajstić information content (AvgIpc) is 2.78. The Hall–Kier alpha value is -2.73. The van der Waals surface area contributed by atoms with Gasteiger partial charge in [0, 0.05) is 21.3 Å². The van der Waals surface area contributed by atoms with Crippen LogP contribution in [0, 0.1) is 21.8 Å². The van der Waals surface area contributed by atoms with Crippen LogP contribution in [0.15, 0.2) is 60.2 Å². The second kappa shape index (κ2) is 11.4. The maximum Gasteiger partial charge on any atom is 0.266 e. The Kier molecular flexibility index (Phi) is 8.61. The summed E-state index contributed by atoms with van der Waals surface area (Å²) in [7, 11) is 1.52. The minimum Gasteiger partial charge on any atom is -0.493 e. The van der Waals surface area contributed by atoms with Gasteiger partial charge in [-0.25, -0.2) is 0 Å². The number of anilines is 1.